The third-order valence-electron chi connectivity index (χ3n) is 1.94. The third kappa shape index (κ3) is 2.42. The predicted molar refractivity (Wildman–Crippen MR) is 55.6 cm³/mol. The van der Waals surface area contributed by atoms with Gasteiger partial charge in [0, 0.05) is 12.4 Å². The van der Waals surface area contributed by atoms with Gasteiger partial charge in [0.2, 0.25) is 0 Å². The molecule has 0 spiro atoms. The van der Waals surface area contributed by atoms with Gasteiger partial charge < -0.3 is 4.74 Å². The second-order valence-electron chi connectivity index (χ2n) is 3.08. The maximum atomic E-state index is 12.6. The van der Waals surface area contributed by atoms with E-state index in [-0.39, 0.29) is 5.82 Å². The molecule has 0 atom stereocenters. The highest BCUT2D eigenvalue weighted by Crippen LogP contribution is 2.13. The normalized spacial score (nSPS) is 9.81. The second kappa shape index (κ2) is 4.53. The minimum atomic E-state index is -0.492. The smallest absolute Gasteiger partial charge is 0.343 e. The van der Waals surface area contributed by atoms with Crippen LogP contribution in [-0.2, 0) is 0 Å². The fraction of sp³-hybridized carbons (Fsp3) is 0. The van der Waals surface area contributed by atoms with Crippen LogP contribution in [0.25, 0.3) is 0 Å². The van der Waals surface area contributed by atoms with Crippen LogP contribution in [0.3, 0.4) is 0 Å². The van der Waals surface area contributed by atoms with E-state index in [9.17, 15) is 9.18 Å². The Hall–Kier alpha value is -2.23. The van der Waals surface area contributed by atoms with Gasteiger partial charge >= 0.3 is 5.97 Å². The van der Waals surface area contributed by atoms with Crippen LogP contribution < -0.4 is 4.74 Å². The van der Waals surface area contributed by atoms with Gasteiger partial charge in [0.1, 0.15) is 11.6 Å². The summed E-state index contributed by atoms with van der Waals surface area (Å²) in [5.74, 6) is -0.555. The molecule has 0 aliphatic rings. The molecule has 16 heavy (non-hydrogen) atoms. The number of hydrogen-bond acceptors (Lipinski definition) is 3. The van der Waals surface area contributed by atoms with Crippen LogP contribution >= 0.6 is 0 Å². The van der Waals surface area contributed by atoms with Crippen molar-refractivity contribution in [2.45, 2.75) is 0 Å². The molecule has 0 aliphatic carbocycles. The standard InChI is InChI=1S/C12H8FNO2/c13-10-1-3-11(4-2-10)16-12(15)9-5-7-14-8-6-9/h1-8H. The second-order valence-corrected chi connectivity index (χ2v) is 3.08. The molecule has 2 rings (SSSR count). The highest BCUT2D eigenvalue weighted by Gasteiger charge is 2.07. The predicted octanol–water partition coefficient (Wildman–Crippen LogP) is 2.44. The number of hydrogen-bond donors (Lipinski definition) is 0. The molecular formula is C12H8FNO2. The molecule has 0 saturated heterocycles. The van der Waals surface area contributed by atoms with Gasteiger partial charge in [-0.25, -0.2) is 9.18 Å². The van der Waals surface area contributed by atoms with Gasteiger partial charge in [0.25, 0.3) is 0 Å². The maximum absolute atomic E-state index is 12.6. The molecule has 0 amide bonds. The van der Waals surface area contributed by atoms with Crippen LogP contribution in [0.5, 0.6) is 5.75 Å². The van der Waals surface area contributed by atoms with Crippen molar-refractivity contribution in [3.05, 3.63) is 60.2 Å². The van der Waals surface area contributed by atoms with Crippen molar-refractivity contribution >= 4 is 5.97 Å². The SMILES string of the molecule is O=C(Oc1ccc(F)cc1)c1ccncc1. The highest BCUT2D eigenvalue weighted by molar-refractivity contribution is 5.90. The zero-order valence-electron chi connectivity index (χ0n) is 8.26. The van der Waals surface area contributed by atoms with E-state index in [1.807, 2.05) is 0 Å². The largest absolute Gasteiger partial charge is 0.423 e. The average Bonchev–Trinajstić information content (AvgIpc) is 2.33. The fourth-order valence-electron chi connectivity index (χ4n) is 1.16. The molecule has 0 fully saturated rings. The number of pyridine rings is 1. The number of esters is 1. The van der Waals surface area contributed by atoms with E-state index in [1.54, 1.807) is 12.1 Å². The summed E-state index contributed by atoms with van der Waals surface area (Å²) < 4.78 is 17.6. The molecular weight excluding hydrogens is 209 g/mol. The van der Waals surface area contributed by atoms with Gasteiger partial charge in [-0.05, 0) is 36.4 Å². The molecule has 0 N–H and O–H groups in total. The lowest BCUT2D eigenvalue weighted by Crippen LogP contribution is -2.08. The number of carbonyl (C=O) groups excluding carboxylic acids is 1. The van der Waals surface area contributed by atoms with Crippen molar-refractivity contribution in [1.82, 2.24) is 4.98 Å². The summed E-state index contributed by atoms with van der Waals surface area (Å²) in [6.45, 7) is 0. The lowest BCUT2D eigenvalue weighted by Gasteiger charge is -2.03. The van der Waals surface area contributed by atoms with Crippen molar-refractivity contribution in [1.29, 1.82) is 0 Å². The van der Waals surface area contributed by atoms with Crippen molar-refractivity contribution in [2.24, 2.45) is 0 Å². The fourth-order valence-corrected chi connectivity index (χ4v) is 1.16. The number of rotatable bonds is 2. The topological polar surface area (TPSA) is 39.2 Å². The molecule has 3 nitrogen and oxygen atoms in total. The summed E-state index contributed by atoms with van der Waals surface area (Å²) >= 11 is 0. The van der Waals surface area contributed by atoms with E-state index in [0.29, 0.717) is 11.3 Å². The summed E-state index contributed by atoms with van der Waals surface area (Å²) in [5, 5.41) is 0. The lowest BCUT2D eigenvalue weighted by atomic mass is 10.3. The van der Waals surface area contributed by atoms with Gasteiger partial charge in [0.05, 0.1) is 5.56 Å². The van der Waals surface area contributed by atoms with Crippen LogP contribution in [0.15, 0.2) is 48.8 Å². The minimum Gasteiger partial charge on any atom is -0.423 e. The summed E-state index contributed by atoms with van der Waals surface area (Å²) in [6, 6.07) is 8.35. The molecule has 80 valence electrons. The van der Waals surface area contributed by atoms with E-state index in [1.165, 1.54) is 36.7 Å². The number of nitrogens with zero attached hydrogens (tertiary/aromatic N) is 1. The Morgan fingerprint density at radius 3 is 2.31 bits per heavy atom. The molecule has 1 aromatic carbocycles. The van der Waals surface area contributed by atoms with Gasteiger partial charge in [-0.1, -0.05) is 0 Å². The van der Waals surface area contributed by atoms with Gasteiger partial charge in [-0.15, -0.1) is 0 Å². The zero-order chi connectivity index (χ0) is 11.4. The molecule has 1 aromatic heterocycles. The molecule has 2 aromatic rings. The van der Waals surface area contributed by atoms with Crippen LogP contribution in [0.4, 0.5) is 4.39 Å². The van der Waals surface area contributed by atoms with Gasteiger partial charge in [0.15, 0.2) is 0 Å². The number of halogens is 1. The lowest BCUT2D eigenvalue weighted by molar-refractivity contribution is 0.0734. The first-order valence-corrected chi connectivity index (χ1v) is 4.63. The van der Waals surface area contributed by atoms with E-state index in [4.69, 9.17) is 4.74 Å². The highest BCUT2D eigenvalue weighted by atomic mass is 19.1. The van der Waals surface area contributed by atoms with Crippen molar-refractivity contribution in [3.8, 4) is 5.75 Å². The summed E-state index contributed by atoms with van der Waals surface area (Å²) in [6.07, 6.45) is 3.00. The number of ether oxygens (including phenoxy) is 1. The van der Waals surface area contributed by atoms with Crippen molar-refractivity contribution in [2.75, 3.05) is 0 Å². The van der Waals surface area contributed by atoms with Crippen LogP contribution in [0, 0.1) is 5.82 Å². The molecule has 0 radical (unpaired) electrons. The first-order chi connectivity index (χ1) is 7.75. The monoisotopic (exact) mass is 217 g/mol. The Bertz CT molecular complexity index is 482. The van der Waals surface area contributed by atoms with Crippen LogP contribution in [-0.4, -0.2) is 11.0 Å². The van der Waals surface area contributed by atoms with E-state index < -0.39 is 5.97 Å². The van der Waals surface area contributed by atoms with E-state index in [2.05, 4.69) is 4.98 Å². The Morgan fingerprint density at radius 2 is 1.69 bits per heavy atom. The Morgan fingerprint density at radius 1 is 1.06 bits per heavy atom. The minimum absolute atomic E-state index is 0.309. The summed E-state index contributed by atoms with van der Waals surface area (Å²) in [5.41, 5.74) is 0.402. The van der Waals surface area contributed by atoms with Crippen molar-refractivity contribution in [3.63, 3.8) is 0 Å². The molecule has 0 unspecified atom stereocenters. The Kier molecular flexibility index (Phi) is 2.91. The Labute approximate surface area is 91.5 Å². The van der Waals surface area contributed by atoms with Crippen LogP contribution in [0.1, 0.15) is 10.4 Å². The zero-order valence-corrected chi connectivity index (χ0v) is 8.26. The molecule has 1 heterocycles. The maximum Gasteiger partial charge on any atom is 0.343 e. The number of aromatic nitrogens is 1. The summed E-state index contributed by atoms with van der Waals surface area (Å²) in [7, 11) is 0. The molecule has 4 heteroatoms. The molecule has 0 bridgehead atoms. The quantitative estimate of drug-likeness (QED) is 0.573. The van der Waals surface area contributed by atoms with Gasteiger partial charge in [-0.2, -0.15) is 0 Å². The van der Waals surface area contributed by atoms with E-state index >= 15 is 0 Å². The van der Waals surface area contributed by atoms with E-state index in [0.717, 1.165) is 0 Å². The third-order valence-corrected chi connectivity index (χ3v) is 1.94. The Balaban J connectivity index is 2.11. The number of carbonyl (C=O) groups is 1. The average molecular weight is 217 g/mol. The first kappa shape index (κ1) is 10.3. The first-order valence-electron chi connectivity index (χ1n) is 4.63. The van der Waals surface area contributed by atoms with Gasteiger partial charge in [-0.3, -0.25) is 4.98 Å². The molecule has 0 saturated carbocycles. The molecule has 0 aliphatic heterocycles. The summed E-state index contributed by atoms with van der Waals surface area (Å²) in [4.78, 5) is 15.3. The van der Waals surface area contributed by atoms with Crippen LogP contribution in [0.2, 0.25) is 0 Å². The van der Waals surface area contributed by atoms with Crippen molar-refractivity contribution < 1.29 is 13.9 Å². The number of benzene rings is 1.